The molecule has 3 rings (SSSR count). The van der Waals surface area contributed by atoms with Crippen LogP contribution in [0.15, 0.2) is 33.3 Å². The second kappa shape index (κ2) is 6.88. The minimum atomic E-state index is -3.38. The predicted octanol–water partition coefficient (Wildman–Crippen LogP) is 2.71. The highest BCUT2D eigenvalue weighted by Crippen LogP contribution is 2.36. The predicted molar refractivity (Wildman–Crippen MR) is 91.7 cm³/mol. The third-order valence-electron chi connectivity index (χ3n) is 3.78. The molecule has 1 aromatic heterocycles. The monoisotopic (exact) mass is 421 g/mol. The average molecular weight is 423 g/mol. The molecule has 2 aromatic rings. The second-order valence-corrected chi connectivity index (χ2v) is 8.66. The van der Waals surface area contributed by atoms with E-state index >= 15 is 0 Å². The van der Waals surface area contributed by atoms with Crippen LogP contribution >= 0.6 is 28.3 Å². The lowest BCUT2D eigenvalue weighted by molar-refractivity contribution is 0.229. The molecule has 0 radical (unpaired) electrons. The van der Waals surface area contributed by atoms with Crippen LogP contribution in [-0.2, 0) is 26.9 Å². The Morgan fingerprint density at radius 3 is 2.65 bits per heavy atom. The molecule has 6 nitrogen and oxygen atoms in total. The van der Waals surface area contributed by atoms with Gasteiger partial charge in [0.1, 0.15) is 5.75 Å². The van der Waals surface area contributed by atoms with E-state index in [2.05, 4.69) is 26.1 Å². The number of sulfone groups is 1. The quantitative estimate of drug-likeness (QED) is 0.795. The summed E-state index contributed by atoms with van der Waals surface area (Å²) in [5.74, 6) is 0.161. The highest BCUT2D eigenvalue weighted by atomic mass is 79.9. The van der Waals surface area contributed by atoms with E-state index in [1.807, 2.05) is 6.07 Å². The zero-order valence-electron chi connectivity index (χ0n) is 12.2. The van der Waals surface area contributed by atoms with Crippen LogP contribution in [0.25, 0.3) is 0 Å². The molecule has 0 saturated heterocycles. The van der Waals surface area contributed by atoms with Gasteiger partial charge in [-0.25, -0.2) is 8.42 Å². The fourth-order valence-corrected chi connectivity index (χ4v) is 4.15. The fourth-order valence-electron chi connectivity index (χ4n) is 2.42. The summed E-state index contributed by atoms with van der Waals surface area (Å²) >= 11 is 3.33. The normalized spacial score (nSPS) is 16.4. The molecule has 126 valence electrons. The van der Waals surface area contributed by atoms with Crippen molar-refractivity contribution in [1.82, 2.24) is 10.1 Å². The Morgan fingerprint density at radius 1 is 1.30 bits per heavy atom. The Labute approximate surface area is 149 Å². The van der Waals surface area contributed by atoms with Gasteiger partial charge in [-0.15, -0.1) is 12.4 Å². The summed E-state index contributed by atoms with van der Waals surface area (Å²) in [6.07, 6.45) is 2.63. The highest BCUT2D eigenvalue weighted by Gasteiger charge is 2.39. The third-order valence-corrected chi connectivity index (χ3v) is 5.73. The maximum atomic E-state index is 12.2. The first-order valence-corrected chi connectivity index (χ1v) is 9.55. The van der Waals surface area contributed by atoms with Gasteiger partial charge in [0.15, 0.2) is 15.7 Å². The summed E-state index contributed by atoms with van der Waals surface area (Å²) in [6.45, 7) is 0. The lowest BCUT2D eigenvalue weighted by Gasteiger charge is -2.34. The molecule has 1 saturated carbocycles. The molecule has 1 aliphatic carbocycles. The zero-order chi connectivity index (χ0) is 15.8. The molecular formula is C14H17BrClN3O3S. The molecule has 23 heavy (non-hydrogen) atoms. The number of rotatable bonds is 5. The van der Waals surface area contributed by atoms with Crippen molar-refractivity contribution in [3.05, 3.63) is 46.0 Å². The Bertz CT molecular complexity index is 790. The Balaban J connectivity index is 0.00000192. The van der Waals surface area contributed by atoms with Crippen molar-refractivity contribution in [3.8, 4) is 0 Å². The van der Waals surface area contributed by atoms with E-state index < -0.39 is 15.4 Å². The topological polar surface area (TPSA) is 99.1 Å². The first-order valence-electron chi connectivity index (χ1n) is 6.93. The SMILES string of the molecule is Cl.NC1(c2noc(CS(=O)(=O)Cc3cccc(Br)c3)n2)CCC1. The van der Waals surface area contributed by atoms with Crippen molar-refractivity contribution >= 4 is 38.2 Å². The molecule has 9 heteroatoms. The standard InChI is InChI=1S/C14H16BrN3O3S.ClH/c15-11-4-1-3-10(7-11)8-22(19,20)9-12-17-13(18-21-12)14(16)5-2-6-14;/h1,3-4,7H,2,5-6,8-9,16H2;1H. The number of nitrogens with two attached hydrogens (primary N) is 1. The molecule has 0 unspecified atom stereocenters. The molecule has 0 spiro atoms. The molecule has 1 aliphatic rings. The lowest BCUT2D eigenvalue weighted by Crippen LogP contribution is -2.44. The van der Waals surface area contributed by atoms with Crippen molar-refractivity contribution in [2.24, 2.45) is 5.73 Å². The van der Waals surface area contributed by atoms with Crippen LogP contribution in [0.4, 0.5) is 0 Å². The number of hydrogen-bond acceptors (Lipinski definition) is 6. The van der Waals surface area contributed by atoms with E-state index in [0.717, 1.165) is 23.7 Å². The van der Waals surface area contributed by atoms with Gasteiger partial charge in [0.05, 0.1) is 11.3 Å². The van der Waals surface area contributed by atoms with Crippen LogP contribution in [0.2, 0.25) is 0 Å². The van der Waals surface area contributed by atoms with Gasteiger partial charge in [-0.1, -0.05) is 33.2 Å². The molecule has 2 N–H and O–H groups in total. The largest absolute Gasteiger partial charge is 0.338 e. The molecule has 1 aromatic carbocycles. The van der Waals surface area contributed by atoms with Gasteiger partial charge in [0.25, 0.3) is 0 Å². The van der Waals surface area contributed by atoms with Crippen molar-refractivity contribution < 1.29 is 12.9 Å². The van der Waals surface area contributed by atoms with Crippen molar-refractivity contribution in [2.45, 2.75) is 36.3 Å². The molecule has 0 atom stereocenters. The summed E-state index contributed by atoms with van der Waals surface area (Å²) in [5.41, 5.74) is 6.27. The summed E-state index contributed by atoms with van der Waals surface area (Å²) < 4.78 is 30.4. The summed E-state index contributed by atoms with van der Waals surface area (Å²) in [6, 6.07) is 7.19. The maximum Gasteiger partial charge on any atom is 0.241 e. The van der Waals surface area contributed by atoms with Gasteiger partial charge in [0.2, 0.25) is 5.89 Å². The van der Waals surface area contributed by atoms with Crippen molar-refractivity contribution in [3.63, 3.8) is 0 Å². The molecule has 1 heterocycles. The number of benzene rings is 1. The average Bonchev–Trinajstić information content (AvgIpc) is 2.83. The van der Waals surface area contributed by atoms with Gasteiger partial charge in [-0.05, 0) is 37.0 Å². The smallest absolute Gasteiger partial charge is 0.241 e. The molecular weight excluding hydrogens is 406 g/mol. The third kappa shape index (κ3) is 4.32. The van der Waals surface area contributed by atoms with Gasteiger partial charge in [-0.3, -0.25) is 0 Å². The molecule has 0 amide bonds. The maximum absolute atomic E-state index is 12.2. The van der Waals surface area contributed by atoms with E-state index in [1.165, 1.54) is 0 Å². The lowest BCUT2D eigenvalue weighted by atomic mass is 9.77. The van der Waals surface area contributed by atoms with Crippen LogP contribution in [0.3, 0.4) is 0 Å². The van der Waals surface area contributed by atoms with Gasteiger partial charge in [-0.2, -0.15) is 4.98 Å². The van der Waals surface area contributed by atoms with Gasteiger partial charge in [0, 0.05) is 4.47 Å². The van der Waals surface area contributed by atoms with Crippen molar-refractivity contribution in [1.29, 1.82) is 0 Å². The number of nitrogens with zero attached hydrogens (tertiary/aromatic N) is 2. The first-order chi connectivity index (χ1) is 10.4. The van der Waals surface area contributed by atoms with Crippen LogP contribution in [0.1, 0.15) is 36.5 Å². The Kier molecular flexibility index (Phi) is 5.50. The highest BCUT2D eigenvalue weighted by molar-refractivity contribution is 9.10. The van der Waals surface area contributed by atoms with E-state index in [-0.39, 0.29) is 29.8 Å². The van der Waals surface area contributed by atoms with E-state index in [0.29, 0.717) is 11.4 Å². The first kappa shape index (κ1) is 18.4. The van der Waals surface area contributed by atoms with Gasteiger partial charge < -0.3 is 10.3 Å². The molecule has 1 fully saturated rings. The number of halogens is 2. The van der Waals surface area contributed by atoms with Crippen LogP contribution < -0.4 is 5.73 Å². The Hall–Kier alpha value is -0.960. The van der Waals surface area contributed by atoms with Crippen LogP contribution in [0, 0.1) is 0 Å². The Morgan fingerprint density at radius 2 is 2.04 bits per heavy atom. The summed E-state index contributed by atoms with van der Waals surface area (Å²) in [5, 5.41) is 3.83. The minimum absolute atomic E-state index is 0. The number of aromatic nitrogens is 2. The zero-order valence-corrected chi connectivity index (χ0v) is 15.5. The van der Waals surface area contributed by atoms with Crippen molar-refractivity contribution in [2.75, 3.05) is 0 Å². The number of hydrogen-bond donors (Lipinski definition) is 1. The summed E-state index contributed by atoms with van der Waals surface area (Å²) in [4.78, 5) is 4.16. The van der Waals surface area contributed by atoms with E-state index in [9.17, 15) is 8.42 Å². The minimum Gasteiger partial charge on any atom is -0.338 e. The van der Waals surface area contributed by atoms with E-state index in [4.69, 9.17) is 10.3 Å². The van der Waals surface area contributed by atoms with Gasteiger partial charge >= 0.3 is 0 Å². The van der Waals surface area contributed by atoms with E-state index in [1.54, 1.807) is 18.2 Å². The second-order valence-electron chi connectivity index (χ2n) is 5.68. The molecule has 0 bridgehead atoms. The van der Waals surface area contributed by atoms with Crippen LogP contribution in [-0.4, -0.2) is 18.6 Å². The van der Waals surface area contributed by atoms with Crippen LogP contribution in [0.5, 0.6) is 0 Å². The fraction of sp³-hybridized carbons (Fsp3) is 0.429. The molecule has 0 aliphatic heterocycles. The summed E-state index contributed by atoms with van der Waals surface area (Å²) in [7, 11) is -3.38.